The summed E-state index contributed by atoms with van der Waals surface area (Å²) in [6.45, 7) is 0.948. The van der Waals surface area contributed by atoms with E-state index in [0.29, 0.717) is 5.02 Å². The van der Waals surface area contributed by atoms with Crippen molar-refractivity contribution < 1.29 is 0 Å². The summed E-state index contributed by atoms with van der Waals surface area (Å²) in [5, 5.41) is 9.53. The quantitative estimate of drug-likeness (QED) is 0.416. The minimum absolute atomic E-state index is 0.0739. The molecule has 0 unspecified atom stereocenters. The average Bonchev–Trinajstić information content (AvgIpc) is 2.97. The molecule has 0 radical (unpaired) electrons. The summed E-state index contributed by atoms with van der Waals surface area (Å²) in [4.78, 5) is 0. The first-order valence-electron chi connectivity index (χ1n) is 10.5. The number of para-hydroxylation sites is 1. The fourth-order valence-electron chi connectivity index (χ4n) is 4.36. The second-order valence-electron chi connectivity index (χ2n) is 7.71. The van der Waals surface area contributed by atoms with Crippen LogP contribution in [0, 0.1) is 0 Å². The lowest BCUT2D eigenvalue weighted by Gasteiger charge is -2.18. The fourth-order valence-corrected chi connectivity index (χ4v) is 4.57. The second kappa shape index (κ2) is 8.37. The molecule has 1 aliphatic heterocycles. The standard InChI is InChI=1S/C26H24ClN3/c27-22-16-7-8-17-23(22)30-26-21(15-9-10-18-28-26)25(29-30)24(19-11-3-1-4-12-19)20-13-5-2-6-14-20/h1-8,11-14,16-17,24,28H,9-10,15,18H2. The van der Waals surface area contributed by atoms with Crippen molar-refractivity contribution in [2.75, 3.05) is 11.9 Å². The van der Waals surface area contributed by atoms with Gasteiger partial charge < -0.3 is 5.32 Å². The zero-order valence-corrected chi connectivity index (χ0v) is 17.5. The van der Waals surface area contributed by atoms with Gasteiger partial charge in [0, 0.05) is 12.1 Å². The Morgan fingerprint density at radius 3 is 2.10 bits per heavy atom. The average molecular weight is 414 g/mol. The maximum Gasteiger partial charge on any atom is 0.133 e. The van der Waals surface area contributed by atoms with Crippen LogP contribution in [-0.2, 0) is 6.42 Å². The van der Waals surface area contributed by atoms with Crippen LogP contribution in [-0.4, -0.2) is 16.3 Å². The molecule has 0 atom stereocenters. The molecule has 5 rings (SSSR count). The number of aromatic nitrogens is 2. The first-order valence-corrected chi connectivity index (χ1v) is 10.9. The molecule has 4 aromatic rings. The Balaban J connectivity index is 1.75. The Labute approximate surface area is 182 Å². The summed E-state index contributed by atoms with van der Waals surface area (Å²) in [5.41, 5.74) is 5.82. The van der Waals surface area contributed by atoms with Crippen molar-refractivity contribution in [3.8, 4) is 5.69 Å². The first kappa shape index (κ1) is 19.0. The van der Waals surface area contributed by atoms with Crippen LogP contribution in [0.5, 0.6) is 0 Å². The van der Waals surface area contributed by atoms with Crippen molar-refractivity contribution in [2.24, 2.45) is 0 Å². The molecular weight excluding hydrogens is 390 g/mol. The van der Waals surface area contributed by atoms with Crippen LogP contribution >= 0.6 is 11.6 Å². The van der Waals surface area contributed by atoms with Crippen molar-refractivity contribution in [3.05, 3.63) is 112 Å². The number of fused-ring (bicyclic) bond motifs is 1. The molecule has 4 heteroatoms. The molecule has 0 amide bonds. The van der Waals surface area contributed by atoms with Gasteiger partial charge >= 0.3 is 0 Å². The Bertz CT molecular complexity index is 1100. The van der Waals surface area contributed by atoms with E-state index in [1.54, 1.807) is 0 Å². The third kappa shape index (κ3) is 3.50. The largest absolute Gasteiger partial charge is 0.370 e. The van der Waals surface area contributed by atoms with Crippen molar-refractivity contribution in [3.63, 3.8) is 0 Å². The van der Waals surface area contributed by atoms with Crippen LogP contribution in [0.1, 0.15) is 41.1 Å². The van der Waals surface area contributed by atoms with E-state index in [4.69, 9.17) is 16.7 Å². The third-order valence-electron chi connectivity index (χ3n) is 5.78. The number of hydrogen-bond acceptors (Lipinski definition) is 2. The molecule has 0 bridgehead atoms. The molecule has 3 aromatic carbocycles. The molecule has 1 N–H and O–H groups in total. The smallest absolute Gasteiger partial charge is 0.133 e. The molecule has 1 aromatic heterocycles. The molecule has 2 heterocycles. The van der Waals surface area contributed by atoms with Crippen LogP contribution in [0.2, 0.25) is 5.02 Å². The number of benzene rings is 3. The van der Waals surface area contributed by atoms with Gasteiger partial charge in [0.2, 0.25) is 0 Å². The lowest BCUT2D eigenvalue weighted by atomic mass is 9.86. The van der Waals surface area contributed by atoms with Crippen LogP contribution in [0.4, 0.5) is 5.82 Å². The van der Waals surface area contributed by atoms with E-state index in [9.17, 15) is 0 Å². The van der Waals surface area contributed by atoms with Gasteiger partial charge in [0.25, 0.3) is 0 Å². The van der Waals surface area contributed by atoms with Gasteiger partial charge in [-0.05, 0) is 42.5 Å². The topological polar surface area (TPSA) is 29.9 Å². The summed E-state index contributed by atoms with van der Waals surface area (Å²) in [6.07, 6.45) is 3.31. The normalized spacial score (nSPS) is 13.5. The summed E-state index contributed by atoms with van der Waals surface area (Å²) in [5.74, 6) is 1.15. The number of nitrogens with zero attached hydrogens (tertiary/aromatic N) is 2. The van der Waals surface area contributed by atoms with Gasteiger partial charge in [0.15, 0.2) is 0 Å². The highest BCUT2D eigenvalue weighted by molar-refractivity contribution is 6.32. The Kier molecular flexibility index (Phi) is 5.29. The van der Waals surface area contributed by atoms with Gasteiger partial charge in [-0.2, -0.15) is 5.10 Å². The zero-order chi connectivity index (χ0) is 20.3. The lowest BCUT2D eigenvalue weighted by molar-refractivity contribution is 0.755. The summed E-state index contributed by atoms with van der Waals surface area (Å²) in [6, 6.07) is 29.3. The summed E-state index contributed by atoms with van der Waals surface area (Å²) >= 11 is 6.58. The molecule has 0 aliphatic carbocycles. The molecule has 0 saturated heterocycles. The molecule has 3 nitrogen and oxygen atoms in total. The zero-order valence-electron chi connectivity index (χ0n) is 16.8. The van der Waals surface area contributed by atoms with Gasteiger partial charge in [0.05, 0.1) is 22.3 Å². The SMILES string of the molecule is Clc1ccccc1-n1nc(C(c2ccccc2)c2ccccc2)c2c1NCCCC2. The fraction of sp³-hybridized carbons (Fsp3) is 0.192. The van der Waals surface area contributed by atoms with Crippen molar-refractivity contribution in [1.29, 1.82) is 0 Å². The van der Waals surface area contributed by atoms with Crippen LogP contribution in [0.25, 0.3) is 5.69 Å². The predicted molar refractivity (Wildman–Crippen MR) is 124 cm³/mol. The van der Waals surface area contributed by atoms with Gasteiger partial charge in [-0.25, -0.2) is 4.68 Å². The first-order chi connectivity index (χ1) is 14.8. The Morgan fingerprint density at radius 1 is 0.800 bits per heavy atom. The summed E-state index contributed by atoms with van der Waals surface area (Å²) < 4.78 is 2.01. The molecule has 0 spiro atoms. The minimum Gasteiger partial charge on any atom is -0.370 e. The highest BCUT2D eigenvalue weighted by Crippen LogP contribution is 2.39. The van der Waals surface area contributed by atoms with E-state index in [-0.39, 0.29) is 5.92 Å². The van der Waals surface area contributed by atoms with E-state index in [1.807, 2.05) is 28.9 Å². The molecule has 30 heavy (non-hydrogen) atoms. The molecule has 1 aliphatic rings. The van der Waals surface area contributed by atoms with Gasteiger partial charge in [-0.15, -0.1) is 0 Å². The maximum absolute atomic E-state index is 6.58. The van der Waals surface area contributed by atoms with Gasteiger partial charge in [-0.1, -0.05) is 84.4 Å². The number of hydrogen-bond donors (Lipinski definition) is 1. The van der Waals surface area contributed by atoms with Crippen molar-refractivity contribution in [1.82, 2.24) is 9.78 Å². The van der Waals surface area contributed by atoms with Crippen LogP contribution in [0.3, 0.4) is 0 Å². The van der Waals surface area contributed by atoms with Gasteiger partial charge in [-0.3, -0.25) is 0 Å². The van der Waals surface area contributed by atoms with E-state index < -0.39 is 0 Å². The van der Waals surface area contributed by atoms with Crippen LogP contribution in [0.15, 0.2) is 84.9 Å². The van der Waals surface area contributed by atoms with Crippen molar-refractivity contribution in [2.45, 2.75) is 25.2 Å². The van der Waals surface area contributed by atoms with E-state index >= 15 is 0 Å². The summed E-state index contributed by atoms with van der Waals surface area (Å²) in [7, 11) is 0. The number of anilines is 1. The number of halogens is 1. The Hall–Kier alpha value is -3.04. The Morgan fingerprint density at radius 2 is 1.43 bits per heavy atom. The minimum atomic E-state index is 0.0739. The molecular formula is C26H24ClN3. The van der Waals surface area contributed by atoms with E-state index in [2.05, 4.69) is 66.0 Å². The molecule has 0 saturated carbocycles. The van der Waals surface area contributed by atoms with Crippen molar-refractivity contribution >= 4 is 17.4 Å². The number of nitrogens with one attached hydrogen (secondary N) is 1. The van der Waals surface area contributed by atoms with Gasteiger partial charge in [0.1, 0.15) is 5.82 Å². The highest BCUT2D eigenvalue weighted by atomic mass is 35.5. The molecule has 150 valence electrons. The van der Waals surface area contributed by atoms with E-state index in [1.165, 1.54) is 16.7 Å². The highest BCUT2D eigenvalue weighted by Gasteiger charge is 2.28. The molecule has 0 fully saturated rings. The lowest BCUT2D eigenvalue weighted by Crippen LogP contribution is -2.08. The van der Waals surface area contributed by atoms with E-state index in [0.717, 1.165) is 43.0 Å². The number of rotatable bonds is 4. The predicted octanol–water partition coefficient (Wildman–Crippen LogP) is 6.45. The van der Waals surface area contributed by atoms with Crippen LogP contribution < -0.4 is 5.32 Å². The maximum atomic E-state index is 6.58. The second-order valence-corrected chi connectivity index (χ2v) is 8.12. The third-order valence-corrected chi connectivity index (χ3v) is 6.10. The monoisotopic (exact) mass is 413 g/mol.